The average molecular weight is 456 g/mol. The molecule has 0 aliphatic heterocycles. The van der Waals surface area contributed by atoms with Crippen molar-refractivity contribution in [2.75, 3.05) is 5.32 Å². The predicted molar refractivity (Wildman–Crippen MR) is 116 cm³/mol. The molecule has 0 saturated heterocycles. The van der Waals surface area contributed by atoms with Gasteiger partial charge in [0, 0.05) is 13.1 Å². The van der Waals surface area contributed by atoms with E-state index in [1.807, 2.05) is 7.05 Å². The van der Waals surface area contributed by atoms with Gasteiger partial charge in [0.2, 0.25) is 0 Å². The first-order chi connectivity index (χ1) is 15.0. The van der Waals surface area contributed by atoms with E-state index in [0.29, 0.717) is 33.8 Å². The number of anilines is 2. The Hall–Kier alpha value is -3.56. The van der Waals surface area contributed by atoms with Gasteiger partial charge in [-0.05, 0) is 24.3 Å². The van der Waals surface area contributed by atoms with E-state index in [0.717, 1.165) is 0 Å². The van der Waals surface area contributed by atoms with Crippen molar-refractivity contribution in [3.8, 4) is 11.5 Å². The Kier molecular flexibility index (Phi) is 4.76. The van der Waals surface area contributed by atoms with E-state index < -0.39 is 5.82 Å². The minimum Gasteiger partial charge on any atom is -0.454 e. The van der Waals surface area contributed by atoms with Gasteiger partial charge in [-0.25, -0.2) is 29.3 Å². The number of imidazole rings is 1. The highest BCUT2D eigenvalue weighted by atomic mass is 35.5. The molecule has 5 aromatic rings. The van der Waals surface area contributed by atoms with Gasteiger partial charge in [0.1, 0.15) is 39.0 Å². The van der Waals surface area contributed by atoms with Crippen molar-refractivity contribution in [1.82, 2.24) is 29.5 Å². The second-order valence-corrected chi connectivity index (χ2v) is 7.32. The molecule has 0 aliphatic carbocycles. The van der Waals surface area contributed by atoms with Crippen molar-refractivity contribution in [2.24, 2.45) is 7.05 Å². The Morgan fingerprint density at radius 2 is 1.90 bits per heavy atom. The van der Waals surface area contributed by atoms with Crippen LogP contribution in [-0.2, 0) is 7.05 Å². The highest BCUT2D eigenvalue weighted by Gasteiger charge is 2.16. The summed E-state index contributed by atoms with van der Waals surface area (Å²) in [6, 6.07) is 8.04. The Labute approximate surface area is 184 Å². The largest absolute Gasteiger partial charge is 0.454 e. The fraction of sp³-hybridized carbons (Fsp3) is 0.0500. The van der Waals surface area contributed by atoms with E-state index in [-0.39, 0.29) is 21.6 Å². The number of halogens is 3. The molecule has 0 saturated carbocycles. The number of aryl methyl sites for hydroxylation is 1. The van der Waals surface area contributed by atoms with Crippen molar-refractivity contribution < 1.29 is 9.13 Å². The lowest BCUT2D eigenvalue weighted by molar-refractivity contribution is 0.476. The van der Waals surface area contributed by atoms with Crippen LogP contribution in [0.5, 0.6) is 11.5 Å². The van der Waals surface area contributed by atoms with E-state index >= 15 is 0 Å². The Bertz CT molecular complexity index is 1460. The molecule has 31 heavy (non-hydrogen) atoms. The van der Waals surface area contributed by atoms with Crippen molar-refractivity contribution >= 4 is 56.9 Å². The monoisotopic (exact) mass is 455 g/mol. The van der Waals surface area contributed by atoms with Gasteiger partial charge in [0.05, 0.1) is 23.7 Å². The highest BCUT2D eigenvalue weighted by Crippen LogP contribution is 2.36. The molecule has 11 heteroatoms. The maximum atomic E-state index is 15.0. The van der Waals surface area contributed by atoms with E-state index in [1.54, 1.807) is 35.2 Å². The third-order valence-electron chi connectivity index (χ3n) is 4.50. The number of pyridine rings is 2. The lowest BCUT2D eigenvalue weighted by atomic mass is 10.2. The van der Waals surface area contributed by atoms with Crippen molar-refractivity contribution in [2.45, 2.75) is 0 Å². The summed E-state index contributed by atoms with van der Waals surface area (Å²) in [6.07, 6.45) is 4.51. The Balaban J connectivity index is 1.46. The third-order valence-corrected chi connectivity index (χ3v) is 5.06. The molecule has 0 bridgehead atoms. The molecule has 0 amide bonds. The number of fused-ring (bicyclic) bond motifs is 2. The van der Waals surface area contributed by atoms with Gasteiger partial charge in [-0.1, -0.05) is 23.2 Å². The second kappa shape index (κ2) is 7.60. The molecule has 8 nitrogen and oxygen atoms in total. The molecule has 0 fully saturated rings. The van der Waals surface area contributed by atoms with Gasteiger partial charge in [-0.3, -0.25) is 0 Å². The van der Waals surface area contributed by atoms with Crippen LogP contribution in [0.15, 0.2) is 49.2 Å². The lowest BCUT2D eigenvalue weighted by Crippen LogP contribution is -2.00. The summed E-state index contributed by atoms with van der Waals surface area (Å²) in [6.45, 7) is 0. The maximum absolute atomic E-state index is 15.0. The zero-order chi connectivity index (χ0) is 21.5. The SMILES string of the molecule is Cn1cnc2cc(Oc3ccc(Nc4ncnc5ccc(Cl)nc45)c(F)c3Cl)cnc21. The summed E-state index contributed by atoms with van der Waals surface area (Å²) in [5.41, 5.74) is 2.41. The highest BCUT2D eigenvalue weighted by molar-refractivity contribution is 6.32. The van der Waals surface area contributed by atoms with E-state index in [1.165, 1.54) is 18.6 Å². The first-order valence-electron chi connectivity index (χ1n) is 8.97. The summed E-state index contributed by atoms with van der Waals surface area (Å²) in [5.74, 6) is 0.102. The predicted octanol–water partition coefficient (Wildman–Crippen LogP) is 5.29. The van der Waals surface area contributed by atoms with Crippen LogP contribution in [-0.4, -0.2) is 29.5 Å². The van der Waals surface area contributed by atoms with Gasteiger partial charge in [-0.2, -0.15) is 0 Å². The number of benzene rings is 1. The number of nitrogens with zero attached hydrogens (tertiary/aromatic N) is 6. The van der Waals surface area contributed by atoms with Crippen molar-refractivity contribution in [3.05, 3.63) is 65.2 Å². The van der Waals surface area contributed by atoms with Gasteiger partial charge in [-0.15, -0.1) is 0 Å². The normalized spacial score (nSPS) is 11.2. The summed E-state index contributed by atoms with van der Waals surface area (Å²) >= 11 is 12.2. The molecular weight excluding hydrogens is 444 g/mol. The topological polar surface area (TPSA) is 90.6 Å². The average Bonchev–Trinajstić information content (AvgIpc) is 3.14. The van der Waals surface area contributed by atoms with E-state index in [9.17, 15) is 4.39 Å². The Morgan fingerprint density at radius 3 is 2.77 bits per heavy atom. The fourth-order valence-corrected chi connectivity index (χ4v) is 3.37. The van der Waals surface area contributed by atoms with Crippen molar-refractivity contribution in [3.63, 3.8) is 0 Å². The van der Waals surface area contributed by atoms with Crippen LogP contribution in [0, 0.1) is 5.82 Å². The second-order valence-electron chi connectivity index (χ2n) is 6.56. The van der Waals surface area contributed by atoms with Crippen LogP contribution in [0.2, 0.25) is 10.2 Å². The molecule has 4 aromatic heterocycles. The van der Waals surface area contributed by atoms with Crippen LogP contribution >= 0.6 is 23.2 Å². The molecule has 0 radical (unpaired) electrons. The summed E-state index contributed by atoms with van der Waals surface area (Å²) < 4.78 is 22.5. The number of aromatic nitrogens is 6. The maximum Gasteiger partial charge on any atom is 0.169 e. The van der Waals surface area contributed by atoms with E-state index in [4.69, 9.17) is 27.9 Å². The van der Waals surface area contributed by atoms with E-state index in [2.05, 4.69) is 30.2 Å². The zero-order valence-corrected chi connectivity index (χ0v) is 17.4. The summed E-state index contributed by atoms with van der Waals surface area (Å²) in [7, 11) is 1.84. The molecule has 5 rings (SSSR count). The minimum absolute atomic E-state index is 0.0948. The fourth-order valence-electron chi connectivity index (χ4n) is 3.02. The standard InChI is InChI=1S/C20H12Cl2FN7O/c1-30-9-27-13-6-10(7-24-20(13)30)31-14-4-2-11(17(23)16(14)22)28-19-18-12(25-8-26-19)3-5-15(21)29-18/h2-9H,1H3,(H,25,26,28). The number of ether oxygens (including phenoxy) is 1. The van der Waals surface area contributed by atoms with Crippen molar-refractivity contribution in [1.29, 1.82) is 0 Å². The van der Waals surface area contributed by atoms with Crippen LogP contribution in [0.4, 0.5) is 15.9 Å². The third kappa shape index (κ3) is 3.58. The molecular formula is C20H12Cl2FN7O. The number of rotatable bonds is 4. The van der Waals surface area contributed by atoms with Gasteiger partial charge < -0.3 is 14.6 Å². The first kappa shape index (κ1) is 19.4. The minimum atomic E-state index is -0.708. The molecule has 0 aliphatic rings. The number of nitrogens with one attached hydrogen (secondary N) is 1. The van der Waals surface area contributed by atoms with Gasteiger partial charge in [0.15, 0.2) is 17.3 Å². The van der Waals surface area contributed by atoms with Gasteiger partial charge >= 0.3 is 0 Å². The Morgan fingerprint density at radius 1 is 1.03 bits per heavy atom. The molecule has 4 heterocycles. The van der Waals surface area contributed by atoms with Gasteiger partial charge in [0.25, 0.3) is 0 Å². The lowest BCUT2D eigenvalue weighted by Gasteiger charge is -2.12. The smallest absolute Gasteiger partial charge is 0.169 e. The van der Waals surface area contributed by atoms with Crippen LogP contribution < -0.4 is 10.1 Å². The molecule has 0 atom stereocenters. The summed E-state index contributed by atoms with van der Waals surface area (Å²) in [4.78, 5) is 21.0. The number of hydrogen-bond donors (Lipinski definition) is 1. The van der Waals surface area contributed by atoms with Crippen LogP contribution in [0.3, 0.4) is 0 Å². The quantitative estimate of drug-likeness (QED) is 0.368. The molecule has 0 spiro atoms. The molecule has 154 valence electrons. The summed E-state index contributed by atoms with van der Waals surface area (Å²) in [5, 5.41) is 2.96. The molecule has 1 N–H and O–H groups in total. The molecule has 0 unspecified atom stereocenters. The zero-order valence-electron chi connectivity index (χ0n) is 15.8. The first-order valence-corrected chi connectivity index (χ1v) is 9.72. The van der Waals surface area contributed by atoms with Crippen LogP contribution in [0.1, 0.15) is 0 Å². The molecule has 1 aromatic carbocycles. The number of hydrogen-bond acceptors (Lipinski definition) is 7. The van der Waals surface area contributed by atoms with Crippen LogP contribution in [0.25, 0.3) is 22.2 Å².